The predicted molar refractivity (Wildman–Crippen MR) is 215 cm³/mol. The van der Waals surface area contributed by atoms with Crippen molar-refractivity contribution in [1.82, 2.24) is 16.0 Å². The second-order valence-corrected chi connectivity index (χ2v) is 15.1. The molecule has 0 aliphatic rings. The van der Waals surface area contributed by atoms with Crippen LogP contribution in [0, 0.1) is 21.4 Å². The molecule has 14 nitrogen and oxygen atoms in total. The number of hydrogen-bond acceptors (Lipinski definition) is 8. The number of anilines is 2. The Kier molecular flexibility index (Phi) is 16.6. The molecule has 2 aromatic carbocycles. The quantitative estimate of drug-likeness (QED) is 0.173. The van der Waals surface area contributed by atoms with Gasteiger partial charge in [-0.05, 0) is 136 Å². The van der Waals surface area contributed by atoms with Crippen molar-refractivity contribution in [3.05, 3.63) is 43.7 Å². The van der Waals surface area contributed by atoms with Crippen LogP contribution in [0.4, 0.5) is 11.4 Å². The van der Waals surface area contributed by atoms with Crippen LogP contribution in [0.5, 0.6) is 0 Å². The molecule has 0 fully saturated rings. The first kappa shape index (κ1) is 40.7. The Bertz CT molecular complexity index is 1590. The lowest BCUT2D eigenvalue weighted by molar-refractivity contribution is -0.121. The van der Waals surface area contributed by atoms with Gasteiger partial charge in [0.1, 0.15) is 6.61 Å². The van der Waals surface area contributed by atoms with Crippen LogP contribution in [0.15, 0.2) is 0 Å². The monoisotopic (exact) mass is 1300 g/mol. The maximum atomic E-state index is 13.5. The summed E-state index contributed by atoms with van der Waals surface area (Å²) in [5.41, 5.74) is 0.397. The molecule has 0 aliphatic carbocycles. The summed E-state index contributed by atoms with van der Waals surface area (Å²) in [6.07, 6.45) is 0. The van der Waals surface area contributed by atoms with Gasteiger partial charge in [-0.2, -0.15) is 0 Å². The van der Waals surface area contributed by atoms with Gasteiger partial charge in [0, 0.05) is 34.9 Å². The molecular weight excluding hydrogens is 1280 g/mol. The first-order chi connectivity index (χ1) is 21.1. The van der Waals surface area contributed by atoms with Crippen LogP contribution in [0.1, 0.15) is 41.4 Å². The van der Waals surface area contributed by atoms with E-state index in [4.69, 9.17) is 9.84 Å². The van der Waals surface area contributed by atoms with Crippen molar-refractivity contribution in [2.24, 2.45) is 0 Å². The molecular formula is C25H23I6N5O9. The van der Waals surface area contributed by atoms with Gasteiger partial charge in [0.25, 0.3) is 23.6 Å². The average molecular weight is 1300 g/mol. The average Bonchev–Trinajstić information content (AvgIpc) is 2.96. The Balaban J connectivity index is 2.52. The van der Waals surface area contributed by atoms with E-state index < -0.39 is 42.0 Å². The number of carbonyl (C=O) groups is 6. The number of amides is 5. The van der Waals surface area contributed by atoms with E-state index in [9.17, 15) is 33.9 Å². The Labute approximate surface area is 338 Å². The summed E-state index contributed by atoms with van der Waals surface area (Å²) in [7, 11) is 4.29. The summed E-state index contributed by atoms with van der Waals surface area (Å²) in [4.78, 5) is 78.3. The Hall–Kier alpha value is -0.440. The zero-order valence-corrected chi connectivity index (χ0v) is 36.2. The van der Waals surface area contributed by atoms with Crippen LogP contribution in [0.3, 0.4) is 0 Å². The molecule has 5 amide bonds. The highest BCUT2D eigenvalue weighted by atomic mass is 127. The maximum Gasteiger partial charge on any atom is 0.337 e. The largest absolute Gasteiger partial charge is 0.478 e. The summed E-state index contributed by atoms with van der Waals surface area (Å²) in [6.45, 7) is -1.20. The molecule has 2 rings (SSSR count). The van der Waals surface area contributed by atoms with Gasteiger partial charge < -0.3 is 41.1 Å². The van der Waals surface area contributed by atoms with E-state index >= 15 is 0 Å². The minimum Gasteiger partial charge on any atom is -0.478 e. The molecule has 20 heteroatoms. The molecule has 244 valence electrons. The molecule has 0 unspecified atom stereocenters. The van der Waals surface area contributed by atoms with Gasteiger partial charge in [0.2, 0.25) is 5.91 Å². The normalized spacial score (nSPS) is 10.6. The molecule has 45 heavy (non-hydrogen) atoms. The number of hydrogen-bond donors (Lipinski definition) is 6. The van der Waals surface area contributed by atoms with Crippen LogP contribution in [-0.4, -0.2) is 93.2 Å². The molecule has 6 N–H and O–H groups in total. The van der Waals surface area contributed by atoms with Crippen LogP contribution in [-0.2, 0) is 14.3 Å². The number of aliphatic hydroxyl groups excluding tert-OH is 1. The van der Waals surface area contributed by atoms with Crippen molar-refractivity contribution in [1.29, 1.82) is 0 Å². The van der Waals surface area contributed by atoms with Crippen molar-refractivity contribution in [3.8, 4) is 0 Å². The first-order valence-electron chi connectivity index (χ1n) is 12.2. The summed E-state index contributed by atoms with van der Waals surface area (Å²) in [6, 6.07) is 0. The van der Waals surface area contributed by atoms with E-state index in [1.54, 1.807) is 45.2 Å². The number of carbonyl (C=O) groups excluding carboxylic acids is 5. The topological polar surface area (TPSA) is 203 Å². The van der Waals surface area contributed by atoms with Gasteiger partial charge in [0.15, 0.2) is 0 Å². The molecule has 0 heterocycles. The van der Waals surface area contributed by atoms with Crippen LogP contribution in [0.2, 0.25) is 0 Å². The summed E-state index contributed by atoms with van der Waals surface area (Å²) in [5, 5.41) is 29.1. The zero-order chi connectivity index (χ0) is 34.3. The van der Waals surface area contributed by atoms with E-state index in [0.717, 1.165) is 0 Å². The molecule has 0 atom stereocenters. The van der Waals surface area contributed by atoms with Crippen molar-refractivity contribution in [3.63, 3.8) is 0 Å². The fourth-order valence-corrected chi connectivity index (χ4v) is 12.9. The van der Waals surface area contributed by atoms with E-state index in [0.29, 0.717) is 16.4 Å². The van der Waals surface area contributed by atoms with Crippen molar-refractivity contribution < 1.29 is 43.7 Å². The minimum absolute atomic E-state index is 0.00574. The molecule has 2 aromatic rings. The highest BCUT2D eigenvalue weighted by Gasteiger charge is 2.31. The number of likely N-dealkylation sites (N-methyl/N-ethyl adjacent to an activating group) is 1. The van der Waals surface area contributed by atoms with E-state index in [-0.39, 0.29) is 58.4 Å². The molecule has 0 aliphatic heterocycles. The lowest BCUT2D eigenvalue weighted by Crippen LogP contribution is -2.37. The molecule has 0 radical (unpaired) electrons. The molecule has 0 saturated heterocycles. The fraction of sp³-hybridized carbons (Fsp3) is 0.280. The third-order valence-electron chi connectivity index (χ3n) is 5.78. The molecule has 0 bridgehead atoms. The van der Waals surface area contributed by atoms with E-state index in [1.807, 2.05) is 90.4 Å². The third kappa shape index (κ3) is 9.38. The molecule has 0 saturated carbocycles. The number of nitrogens with zero attached hydrogens (tertiary/aromatic N) is 1. The second kappa shape index (κ2) is 18.4. The van der Waals surface area contributed by atoms with Crippen LogP contribution < -0.4 is 26.2 Å². The Morgan fingerprint density at radius 1 is 0.756 bits per heavy atom. The second-order valence-electron chi connectivity index (χ2n) is 8.59. The van der Waals surface area contributed by atoms with E-state index in [1.165, 1.54) is 26.1 Å². The number of aliphatic hydroxyl groups is 1. The highest BCUT2D eigenvalue weighted by Crippen LogP contribution is 2.38. The van der Waals surface area contributed by atoms with Crippen LogP contribution >= 0.6 is 136 Å². The van der Waals surface area contributed by atoms with Crippen LogP contribution in [0.25, 0.3) is 0 Å². The van der Waals surface area contributed by atoms with Gasteiger partial charge in [-0.15, -0.1) is 0 Å². The number of benzene rings is 2. The summed E-state index contributed by atoms with van der Waals surface area (Å²) >= 11 is 11.0. The highest BCUT2D eigenvalue weighted by molar-refractivity contribution is 14.1. The summed E-state index contributed by atoms with van der Waals surface area (Å²) < 4.78 is 6.60. The molecule has 0 aromatic heterocycles. The lowest BCUT2D eigenvalue weighted by atomic mass is 10.1. The van der Waals surface area contributed by atoms with Crippen molar-refractivity contribution in [2.45, 2.75) is 0 Å². The fourth-order valence-electron chi connectivity index (χ4n) is 3.67. The SMILES string of the molecule is CNC(=O)c1c(I)c(C(=O)NCC(=O)Nc2c(I)c(C(=O)O)c(I)c(C(=O)NCCO)c2I)c(I)c(N(C)C(=O)COC)c1I. The summed E-state index contributed by atoms with van der Waals surface area (Å²) in [5.74, 6) is -4.31. The number of methoxy groups -OCH3 is 1. The number of ether oxygens (including phenoxy) is 1. The number of rotatable bonds is 12. The number of carboxylic acids is 1. The number of nitrogens with one attached hydrogen (secondary N) is 4. The predicted octanol–water partition coefficient (Wildman–Crippen LogP) is 3.07. The maximum absolute atomic E-state index is 13.5. The van der Waals surface area contributed by atoms with Crippen molar-refractivity contribution >= 4 is 182 Å². The van der Waals surface area contributed by atoms with Gasteiger partial charge >= 0.3 is 5.97 Å². The minimum atomic E-state index is -1.32. The van der Waals surface area contributed by atoms with Gasteiger partial charge in [-0.3, -0.25) is 24.0 Å². The molecule has 0 spiro atoms. The van der Waals surface area contributed by atoms with Gasteiger partial charge in [-0.1, -0.05) is 0 Å². The van der Waals surface area contributed by atoms with Crippen molar-refractivity contribution in [2.75, 3.05) is 57.7 Å². The number of carboxylic acid groups (broad SMARTS) is 1. The zero-order valence-electron chi connectivity index (χ0n) is 23.3. The van der Waals surface area contributed by atoms with E-state index in [2.05, 4.69) is 21.3 Å². The number of halogens is 6. The Morgan fingerprint density at radius 2 is 1.24 bits per heavy atom. The number of aromatic carboxylic acids is 1. The lowest BCUT2D eigenvalue weighted by Gasteiger charge is -2.24. The van der Waals surface area contributed by atoms with Gasteiger partial charge in [0.05, 0.1) is 61.1 Å². The smallest absolute Gasteiger partial charge is 0.337 e. The van der Waals surface area contributed by atoms with Gasteiger partial charge in [-0.25, -0.2) is 4.79 Å². The first-order valence-corrected chi connectivity index (χ1v) is 18.6. The Morgan fingerprint density at radius 3 is 1.76 bits per heavy atom. The standard InChI is InChI=1S/C25H23I6N5O9/c1-32-22(40)11-14(26)12(19(31)21(18(11)30)36(2)9(39)7-45-3)24(42)34-6-8(38)35-20-16(28)10(23(41)33-4-5-37)15(27)13(17(20)29)25(43)44/h37H,4-7H2,1-3H3,(H,32,40)(H,33,41)(H,34,42)(H,35,38)(H,43,44). The third-order valence-corrected chi connectivity index (χ3v) is 12.2.